The quantitative estimate of drug-likeness (QED) is 0.541. The molecule has 2 aromatic carbocycles. The van der Waals surface area contributed by atoms with Crippen molar-refractivity contribution in [3.05, 3.63) is 42.5 Å². The molecule has 3 N–H and O–H groups in total. The van der Waals surface area contributed by atoms with Gasteiger partial charge in [0.2, 0.25) is 10.0 Å². The molecule has 0 bridgehead atoms. The molecular formula is C17H20N2O5S. The first-order chi connectivity index (χ1) is 11.8. The van der Waals surface area contributed by atoms with Gasteiger partial charge in [0.05, 0.1) is 4.90 Å². The molecule has 0 saturated heterocycles. The third-order valence-corrected chi connectivity index (χ3v) is 5.05. The van der Waals surface area contributed by atoms with E-state index in [-0.39, 0.29) is 24.3 Å². The molecule has 0 aliphatic carbocycles. The van der Waals surface area contributed by atoms with Gasteiger partial charge in [-0.15, -0.1) is 0 Å². The summed E-state index contributed by atoms with van der Waals surface area (Å²) in [4.78, 5) is 22.5. The lowest BCUT2D eigenvalue weighted by Gasteiger charge is -2.10. The van der Waals surface area contributed by atoms with Crippen molar-refractivity contribution < 1.29 is 22.7 Å². The van der Waals surface area contributed by atoms with Crippen LogP contribution in [0.2, 0.25) is 0 Å². The Balaban J connectivity index is 1.88. The first kappa shape index (κ1) is 18.9. The second-order valence-corrected chi connectivity index (χ2v) is 7.31. The van der Waals surface area contributed by atoms with Crippen LogP contribution in [0.5, 0.6) is 0 Å². The van der Waals surface area contributed by atoms with Crippen molar-refractivity contribution in [1.29, 1.82) is 0 Å². The zero-order chi connectivity index (χ0) is 18.4. The summed E-state index contributed by atoms with van der Waals surface area (Å²) in [6.07, 6.45) is -0.767. The summed E-state index contributed by atoms with van der Waals surface area (Å²) in [7, 11) is -3.66. The minimum atomic E-state index is -3.66. The lowest BCUT2D eigenvalue weighted by molar-refractivity contribution is -0.153. The highest BCUT2D eigenvalue weighted by molar-refractivity contribution is 7.89. The van der Waals surface area contributed by atoms with E-state index >= 15 is 0 Å². The van der Waals surface area contributed by atoms with Crippen molar-refractivity contribution in [3.8, 4) is 0 Å². The summed E-state index contributed by atoms with van der Waals surface area (Å²) in [5, 5.41) is 1.78. The Bertz CT molecular complexity index is 879. The predicted molar refractivity (Wildman–Crippen MR) is 93.1 cm³/mol. The zero-order valence-corrected chi connectivity index (χ0v) is 14.6. The van der Waals surface area contributed by atoms with Gasteiger partial charge in [-0.1, -0.05) is 30.3 Å². The molecule has 7 nitrogen and oxygen atoms in total. The number of esters is 1. The number of benzene rings is 2. The number of rotatable bonds is 8. The SMILES string of the molecule is C[C@H](OC(=O)CCCNS(=O)(=O)c1ccc2ccccc2c1)C(N)=O. The predicted octanol–water partition coefficient (Wildman–Crippen LogP) is 1.32. The number of hydrogen-bond acceptors (Lipinski definition) is 5. The van der Waals surface area contributed by atoms with Crippen LogP contribution in [0.1, 0.15) is 19.8 Å². The molecule has 0 fully saturated rings. The molecule has 0 heterocycles. The van der Waals surface area contributed by atoms with Gasteiger partial charge in [0.1, 0.15) is 0 Å². The van der Waals surface area contributed by atoms with E-state index in [1.165, 1.54) is 13.0 Å². The van der Waals surface area contributed by atoms with Gasteiger partial charge in [0, 0.05) is 13.0 Å². The molecule has 0 radical (unpaired) electrons. The number of carbonyl (C=O) groups excluding carboxylic acids is 2. The van der Waals surface area contributed by atoms with E-state index in [0.717, 1.165) is 10.8 Å². The second-order valence-electron chi connectivity index (χ2n) is 5.54. The van der Waals surface area contributed by atoms with Gasteiger partial charge in [0.15, 0.2) is 6.10 Å². The summed E-state index contributed by atoms with van der Waals surface area (Å²) in [6.45, 7) is 1.46. The maximum absolute atomic E-state index is 12.3. The number of sulfonamides is 1. The topological polar surface area (TPSA) is 116 Å². The van der Waals surface area contributed by atoms with E-state index in [4.69, 9.17) is 10.5 Å². The summed E-state index contributed by atoms with van der Waals surface area (Å²) in [6, 6.07) is 12.3. The first-order valence-electron chi connectivity index (χ1n) is 7.77. The van der Waals surface area contributed by atoms with Crippen LogP contribution >= 0.6 is 0 Å². The molecule has 0 aliphatic heterocycles. The van der Waals surface area contributed by atoms with Gasteiger partial charge in [0.25, 0.3) is 5.91 Å². The Hall–Kier alpha value is -2.45. The number of fused-ring (bicyclic) bond motifs is 1. The van der Waals surface area contributed by atoms with E-state index in [2.05, 4.69) is 4.72 Å². The van der Waals surface area contributed by atoms with Gasteiger partial charge in [-0.25, -0.2) is 13.1 Å². The fraction of sp³-hybridized carbons (Fsp3) is 0.294. The van der Waals surface area contributed by atoms with Gasteiger partial charge in [-0.2, -0.15) is 0 Å². The smallest absolute Gasteiger partial charge is 0.306 e. The number of carbonyl (C=O) groups is 2. The van der Waals surface area contributed by atoms with E-state index < -0.39 is 28.0 Å². The Morgan fingerprint density at radius 3 is 2.52 bits per heavy atom. The van der Waals surface area contributed by atoms with Crippen molar-refractivity contribution in [3.63, 3.8) is 0 Å². The van der Waals surface area contributed by atoms with E-state index in [1.54, 1.807) is 12.1 Å². The van der Waals surface area contributed by atoms with Crippen molar-refractivity contribution in [2.75, 3.05) is 6.54 Å². The Kier molecular flexibility index (Phi) is 6.11. The number of ether oxygens (including phenoxy) is 1. The molecule has 2 aromatic rings. The molecule has 1 atom stereocenters. The molecule has 0 aromatic heterocycles. The third kappa shape index (κ3) is 5.27. The van der Waals surface area contributed by atoms with Gasteiger partial charge in [-0.3, -0.25) is 9.59 Å². The van der Waals surface area contributed by atoms with Crippen LogP contribution < -0.4 is 10.5 Å². The van der Waals surface area contributed by atoms with Gasteiger partial charge < -0.3 is 10.5 Å². The van der Waals surface area contributed by atoms with Gasteiger partial charge >= 0.3 is 5.97 Å². The molecule has 1 amide bonds. The maximum atomic E-state index is 12.3. The van der Waals surface area contributed by atoms with E-state index in [1.807, 2.05) is 24.3 Å². The minimum absolute atomic E-state index is 0.0160. The normalized spacial score (nSPS) is 12.7. The van der Waals surface area contributed by atoms with Crippen molar-refractivity contribution in [2.45, 2.75) is 30.8 Å². The van der Waals surface area contributed by atoms with E-state index in [9.17, 15) is 18.0 Å². The maximum Gasteiger partial charge on any atom is 0.306 e. The van der Waals surface area contributed by atoms with Crippen molar-refractivity contribution >= 4 is 32.7 Å². The number of hydrogen-bond donors (Lipinski definition) is 2. The molecular weight excluding hydrogens is 344 g/mol. The Labute approximate surface area is 146 Å². The molecule has 0 spiro atoms. The molecule has 134 valence electrons. The van der Waals surface area contributed by atoms with Crippen LogP contribution in [-0.2, 0) is 24.3 Å². The van der Waals surface area contributed by atoms with Crippen LogP contribution in [0, 0.1) is 0 Å². The third-order valence-electron chi connectivity index (χ3n) is 3.59. The summed E-state index contributed by atoms with van der Waals surface area (Å²) in [5.74, 6) is -1.33. The van der Waals surface area contributed by atoms with Crippen LogP contribution in [-0.4, -0.2) is 32.9 Å². The molecule has 0 unspecified atom stereocenters. The van der Waals surface area contributed by atoms with Crippen molar-refractivity contribution in [1.82, 2.24) is 4.72 Å². The highest BCUT2D eigenvalue weighted by atomic mass is 32.2. The summed E-state index contributed by atoms with van der Waals surface area (Å²) >= 11 is 0. The second kappa shape index (κ2) is 8.09. The lowest BCUT2D eigenvalue weighted by Crippen LogP contribution is -2.31. The number of primary amides is 1. The molecule has 8 heteroatoms. The fourth-order valence-corrected chi connectivity index (χ4v) is 3.28. The molecule has 0 aliphatic rings. The standard InChI is InChI=1S/C17H20N2O5S/c1-12(17(18)21)24-16(20)7-4-10-19-25(22,23)15-9-8-13-5-2-3-6-14(13)11-15/h2-3,5-6,8-9,11-12,19H,4,7,10H2,1H3,(H2,18,21)/t12-/m0/s1. The molecule has 2 rings (SSSR count). The highest BCUT2D eigenvalue weighted by Gasteiger charge is 2.16. The molecule has 0 saturated carbocycles. The van der Waals surface area contributed by atoms with Crippen molar-refractivity contribution in [2.24, 2.45) is 5.73 Å². The Morgan fingerprint density at radius 1 is 1.16 bits per heavy atom. The first-order valence-corrected chi connectivity index (χ1v) is 9.25. The highest BCUT2D eigenvalue weighted by Crippen LogP contribution is 2.18. The largest absolute Gasteiger partial charge is 0.453 e. The average molecular weight is 364 g/mol. The fourth-order valence-electron chi connectivity index (χ4n) is 2.17. The average Bonchev–Trinajstić information content (AvgIpc) is 2.58. The number of nitrogens with two attached hydrogens (primary N) is 1. The zero-order valence-electron chi connectivity index (χ0n) is 13.8. The van der Waals surface area contributed by atoms with Crippen LogP contribution in [0.15, 0.2) is 47.4 Å². The monoisotopic (exact) mass is 364 g/mol. The van der Waals surface area contributed by atoms with E-state index in [0.29, 0.717) is 0 Å². The van der Waals surface area contributed by atoms with Crippen LogP contribution in [0.25, 0.3) is 10.8 Å². The lowest BCUT2D eigenvalue weighted by atomic mass is 10.1. The Morgan fingerprint density at radius 2 is 1.84 bits per heavy atom. The molecule has 25 heavy (non-hydrogen) atoms. The van der Waals surface area contributed by atoms with Crippen LogP contribution in [0.4, 0.5) is 0 Å². The summed E-state index contributed by atoms with van der Waals surface area (Å²) in [5.41, 5.74) is 4.99. The minimum Gasteiger partial charge on any atom is -0.453 e. The van der Waals surface area contributed by atoms with Crippen LogP contribution in [0.3, 0.4) is 0 Å². The number of nitrogens with one attached hydrogen (secondary N) is 1. The number of amides is 1. The summed E-state index contributed by atoms with van der Waals surface area (Å²) < 4.78 is 31.8. The van der Waals surface area contributed by atoms with Gasteiger partial charge in [-0.05, 0) is 36.2 Å².